The molecule has 1 unspecified atom stereocenters. The summed E-state index contributed by atoms with van der Waals surface area (Å²) in [6.45, 7) is 5.94. The van der Waals surface area contributed by atoms with Gasteiger partial charge in [0.2, 0.25) is 0 Å². The van der Waals surface area contributed by atoms with Crippen LogP contribution < -0.4 is 0 Å². The molecule has 0 aromatic carbocycles. The van der Waals surface area contributed by atoms with Gasteiger partial charge >= 0.3 is 0 Å². The third kappa shape index (κ3) is 2.80. The van der Waals surface area contributed by atoms with E-state index in [-0.39, 0.29) is 8.83 Å². The number of rotatable bonds is 5. The van der Waals surface area contributed by atoms with Crippen LogP contribution in [0.1, 0.15) is 39.5 Å². The molecular formula is C8H19NSSi. The topological polar surface area (TPSA) is 3.24 Å². The van der Waals surface area contributed by atoms with Crippen LogP contribution in [0, 0.1) is 0 Å². The highest BCUT2D eigenvalue weighted by molar-refractivity contribution is 8.24. The Kier molecular flexibility index (Phi) is 4.56. The average molecular weight is 189 g/mol. The van der Waals surface area contributed by atoms with Crippen molar-refractivity contribution in [1.82, 2.24) is 4.57 Å². The van der Waals surface area contributed by atoms with Crippen LogP contribution in [-0.2, 0) is 0 Å². The monoisotopic (exact) mass is 189 g/mol. The van der Waals surface area contributed by atoms with E-state index in [4.69, 9.17) is 0 Å². The highest BCUT2D eigenvalue weighted by Gasteiger charge is 2.26. The normalized spacial score (nSPS) is 27.3. The largest absolute Gasteiger partial charge is 0.309 e. The average Bonchev–Trinajstić information content (AvgIpc) is 1.99. The smallest absolute Gasteiger partial charge is 0.161 e. The van der Waals surface area contributed by atoms with Crippen molar-refractivity contribution in [2.24, 2.45) is 0 Å². The number of hydrogen-bond donors (Lipinski definition) is 0. The fourth-order valence-corrected chi connectivity index (χ4v) is 5.66. The van der Waals surface area contributed by atoms with E-state index in [9.17, 15) is 0 Å². The molecule has 1 atom stereocenters. The van der Waals surface area contributed by atoms with Crippen LogP contribution >= 0.6 is 11.2 Å². The molecule has 1 fully saturated rings. The fourth-order valence-electron chi connectivity index (χ4n) is 1.43. The Hall–Kier alpha value is 0.527. The van der Waals surface area contributed by atoms with Crippen LogP contribution in [-0.4, -0.2) is 25.3 Å². The van der Waals surface area contributed by atoms with Gasteiger partial charge in [-0.25, -0.2) is 0 Å². The van der Waals surface area contributed by atoms with Crippen molar-refractivity contribution in [2.45, 2.75) is 44.9 Å². The molecule has 1 nitrogen and oxygen atoms in total. The molecule has 1 aliphatic heterocycles. The summed E-state index contributed by atoms with van der Waals surface area (Å²) in [7, 11) is 0.183. The molecule has 1 saturated heterocycles. The molecule has 0 spiro atoms. The molecule has 1 heterocycles. The van der Waals surface area contributed by atoms with E-state index >= 15 is 0 Å². The van der Waals surface area contributed by atoms with Crippen molar-refractivity contribution in [3.05, 3.63) is 0 Å². The van der Waals surface area contributed by atoms with E-state index in [1.54, 1.807) is 0 Å². The van der Waals surface area contributed by atoms with Crippen molar-refractivity contribution < 1.29 is 0 Å². The molecular weight excluding hydrogens is 170 g/mol. The van der Waals surface area contributed by atoms with E-state index in [1.165, 1.54) is 32.2 Å². The molecule has 1 rings (SSSR count). The summed E-state index contributed by atoms with van der Waals surface area (Å²) in [5.41, 5.74) is 0. The van der Waals surface area contributed by atoms with Gasteiger partial charge in [0.15, 0.2) is 8.83 Å². The molecule has 0 N–H and O–H groups in total. The zero-order chi connectivity index (χ0) is 8.10. The van der Waals surface area contributed by atoms with Gasteiger partial charge in [-0.3, -0.25) is 0 Å². The lowest BCUT2D eigenvalue weighted by atomic mass is 10.2. The third-order valence-corrected chi connectivity index (χ3v) is 7.17. The maximum absolute atomic E-state index is 2.74. The Morgan fingerprint density at radius 1 is 1.36 bits per heavy atom. The van der Waals surface area contributed by atoms with Crippen molar-refractivity contribution in [3.8, 4) is 0 Å². The summed E-state index contributed by atoms with van der Waals surface area (Å²) >= 11 is 2.26. The zero-order valence-electron chi connectivity index (χ0n) is 7.68. The van der Waals surface area contributed by atoms with E-state index < -0.39 is 0 Å². The molecule has 0 bridgehead atoms. The lowest BCUT2D eigenvalue weighted by molar-refractivity contribution is 0.386. The second-order valence-electron chi connectivity index (χ2n) is 3.21. The van der Waals surface area contributed by atoms with Crippen molar-refractivity contribution in [3.63, 3.8) is 0 Å². The molecule has 0 amide bonds. The molecule has 0 aromatic rings. The van der Waals surface area contributed by atoms with Gasteiger partial charge < -0.3 is 4.57 Å². The zero-order valence-corrected chi connectivity index (χ0v) is 9.91. The van der Waals surface area contributed by atoms with E-state index in [1.807, 2.05) is 0 Å². The Morgan fingerprint density at radius 2 is 2.18 bits per heavy atom. The lowest BCUT2D eigenvalue weighted by Crippen LogP contribution is -2.45. The number of nitrogens with zero attached hydrogens (tertiary/aromatic N) is 1. The summed E-state index contributed by atoms with van der Waals surface area (Å²) in [5, 5.41) is 0.932. The SMILES string of the molecule is CCCCC1S[SiH2]N1CCC. The fraction of sp³-hybridized carbons (Fsp3) is 1.00. The van der Waals surface area contributed by atoms with Crippen molar-refractivity contribution >= 4 is 20.0 Å². The van der Waals surface area contributed by atoms with Crippen LogP contribution in [0.5, 0.6) is 0 Å². The number of unbranched alkanes of at least 4 members (excludes halogenated alkanes) is 1. The lowest BCUT2D eigenvalue weighted by Gasteiger charge is -2.40. The first-order chi connectivity index (χ1) is 5.38. The number of hydrogen-bond acceptors (Lipinski definition) is 2. The minimum atomic E-state index is 0.183. The van der Waals surface area contributed by atoms with Gasteiger partial charge in [-0.1, -0.05) is 26.7 Å². The first-order valence-electron chi connectivity index (χ1n) is 4.74. The van der Waals surface area contributed by atoms with E-state index in [2.05, 4.69) is 29.6 Å². The van der Waals surface area contributed by atoms with Crippen LogP contribution in [0.15, 0.2) is 0 Å². The molecule has 0 aromatic heterocycles. The van der Waals surface area contributed by atoms with Gasteiger partial charge in [0.1, 0.15) is 0 Å². The Bertz CT molecular complexity index is 110. The van der Waals surface area contributed by atoms with Crippen LogP contribution in [0.3, 0.4) is 0 Å². The minimum Gasteiger partial charge on any atom is -0.309 e. The quantitative estimate of drug-likeness (QED) is 0.608. The van der Waals surface area contributed by atoms with Crippen molar-refractivity contribution in [2.75, 3.05) is 6.54 Å². The molecule has 0 aliphatic carbocycles. The van der Waals surface area contributed by atoms with Crippen molar-refractivity contribution in [1.29, 1.82) is 0 Å². The Morgan fingerprint density at radius 3 is 2.64 bits per heavy atom. The summed E-state index contributed by atoms with van der Waals surface area (Å²) in [4.78, 5) is 0. The highest BCUT2D eigenvalue weighted by Crippen LogP contribution is 2.30. The maximum Gasteiger partial charge on any atom is 0.161 e. The summed E-state index contributed by atoms with van der Waals surface area (Å²) < 4.78 is 2.74. The molecule has 1 aliphatic rings. The first-order valence-corrected chi connectivity index (χ1v) is 8.15. The van der Waals surface area contributed by atoms with Crippen LogP contribution in [0.4, 0.5) is 0 Å². The molecule has 66 valence electrons. The summed E-state index contributed by atoms with van der Waals surface area (Å²) in [6.07, 6.45) is 5.56. The van der Waals surface area contributed by atoms with Gasteiger partial charge in [-0.15, -0.1) is 0 Å². The van der Waals surface area contributed by atoms with Crippen LogP contribution in [0.2, 0.25) is 0 Å². The maximum atomic E-state index is 2.74. The van der Waals surface area contributed by atoms with Gasteiger partial charge in [0.25, 0.3) is 0 Å². The molecule has 0 radical (unpaired) electrons. The van der Waals surface area contributed by atoms with E-state index in [0.29, 0.717) is 0 Å². The summed E-state index contributed by atoms with van der Waals surface area (Å²) in [5.74, 6) is 0. The minimum absolute atomic E-state index is 0.183. The predicted molar refractivity (Wildman–Crippen MR) is 56.4 cm³/mol. The molecule has 3 heteroatoms. The van der Waals surface area contributed by atoms with Gasteiger partial charge in [0.05, 0.1) is 0 Å². The Balaban J connectivity index is 2.05. The van der Waals surface area contributed by atoms with Gasteiger partial charge in [0, 0.05) is 5.37 Å². The van der Waals surface area contributed by atoms with Crippen LogP contribution in [0.25, 0.3) is 0 Å². The summed E-state index contributed by atoms with van der Waals surface area (Å²) in [6, 6.07) is 0. The van der Waals surface area contributed by atoms with Gasteiger partial charge in [-0.05, 0) is 19.4 Å². The third-order valence-electron chi connectivity index (χ3n) is 2.16. The second-order valence-corrected chi connectivity index (χ2v) is 6.93. The standard InChI is InChI=1S/C8H19NSSi/c1-3-5-6-8-9(7-4-2)11-10-8/h8H,3-7,11H2,1-2H3. The van der Waals surface area contributed by atoms with E-state index in [0.717, 1.165) is 5.37 Å². The second kappa shape index (κ2) is 5.22. The Labute approximate surface area is 76.5 Å². The van der Waals surface area contributed by atoms with Gasteiger partial charge in [-0.2, -0.15) is 11.2 Å². The highest BCUT2D eigenvalue weighted by atomic mass is 32.4. The first kappa shape index (κ1) is 9.61. The predicted octanol–water partition coefficient (Wildman–Crippen LogP) is 1.96. The molecule has 0 saturated carbocycles. The molecule has 11 heavy (non-hydrogen) atoms.